The predicted octanol–water partition coefficient (Wildman–Crippen LogP) is 3.11. The van der Waals surface area contributed by atoms with Crippen LogP contribution in [0.2, 0.25) is 0 Å². The van der Waals surface area contributed by atoms with E-state index >= 15 is 0 Å². The average molecular weight is 270 g/mol. The molecule has 3 rings (SSSR count). The van der Waals surface area contributed by atoms with Crippen LogP contribution >= 0.6 is 0 Å². The van der Waals surface area contributed by atoms with Gasteiger partial charge in [0, 0.05) is 12.1 Å². The number of nitrogen functional groups attached to an aromatic ring is 1. The second-order valence-electron chi connectivity index (χ2n) is 4.70. The van der Waals surface area contributed by atoms with Crippen LogP contribution in [-0.4, -0.2) is 4.98 Å². The number of benzene rings is 2. The molecule has 0 aliphatic rings. The maximum absolute atomic E-state index is 11.2. The Bertz CT molecular complexity index is 846. The van der Waals surface area contributed by atoms with Gasteiger partial charge in [-0.25, -0.2) is 4.79 Å². The van der Waals surface area contributed by atoms with Gasteiger partial charge in [0.1, 0.15) is 5.75 Å². The molecule has 3 N–H and O–H groups in total. The number of fused-ring (bicyclic) bond motifs is 1. The van der Waals surface area contributed by atoms with Crippen LogP contribution in [0.15, 0.2) is 39.5 Å². The topological polar surface area (TPSA) is 81.2 Å². The number of hydrogen-bond acceptors (Lipinski definition) is 4. The number of nitrogens with one attached hydrogen (secondary N) is 1. The van der Waals surface area contributed by atoms with E-state index in [4.69, 9.17) is 14.9 Å². The molecule has 0 bridgehead atoms. The Hall–Kier alpha value is -2.69. The molecule has 0 saturated heterocycles. The number of aromatic amines is 1. The van der Waals surface area contributed by atoms with Gasteiger partial charge in [-0.2, -0.15) is 0 Å². The van der Waals surface area contributed by atoms with Crippen molar-refractivity contribution in [3.63, 3.8) is 0 Å². The van der Waals surface area contributed by atoms with Crippen LogP contribution in [0.1, 0.15) is 11.1 Å². The molecule has 0 aliphatic carbocycles. The van der Waals surface area contributed by atoms with Gasteiger partial charge in [-0.05, 0) is 31.0 Å². The second kappa shape index (κ2) is 4.45. The Balaban J connectivity index is 2.08. The first-order chi connectivity index (χ1) is 9.54. The normalized spacial score (nSPS) is 10.9. The zero-order valence-corrected chi connectivity index (χ0v) is 11.2. The standard InChI is InChI=1S/C15H14N2O3/c1-8-4-3-5-12(9(8)2)19-13-7-11-14(6-10(13)16)20-15(18)17-11/h3-7H,16H2,1-2H3,(H,17,18). The van der Waals surface area contributed by atoms with Crippen molar-refractivity contribution in [2.45, 2.75) is 13.8 Å². The lowest BCUT2D eigenvalue weighted by Gasteiger charge is -2.12. The van der Waals surface area contributed by atoms with Gasteiger partial charge >= 0.3 is 5.76 Å². The summed E-state index contributed by atoms with van der Waals surface area (Å²) in [5.74, 6) is 0.716. The van der Waals surface area contributed by atoms with Gasteiger partial charge in [0.2, 0.25) is 0 Å². The quantitative estimate of drug-likeness (QED) is 0.701. The van der Waals surface area contributed by atoms with E-state index in [-0.39, 0.29) is 0 Å². The number of nitrogens with two attached hydrogens (primary N) is 1. The Morgan fingerprint density at radius 3 is 2.80 bits per heavy atom. The molecule has 2 aromatic carbocycles. The summed E-state index contributed by atoms with van der Waals surface area (Å²) in [7, 11) is 0. The summed E-state index contributed by atoms with van der Waals surface area (Å²) in [5.41, 5.74) is 9.51. The largest absolute Gasteiger partial charge is 0.455 e. The molecule has 0 amide bonds. The number of anilines is 1. The van der Waals surface area contributed by atoms with Gasteiger partial charge in [0.05, 0.1) is 11.2 Å². The van der Waals surface area contributed by atoms with Crippen molar-refractivity contribution in [3.05, 3.63) is 52.0 Å². The Kier molecular flexibility index (Phi) is 2.75. The van der Waals surface area contributed by atoms with Crippen LogP contribution < -0.4 is 16.2 Å². The van der Waals surface area contributed by atoms with Crippen molar-refractivity contribution in [1.29, 1.82) is 0 Å². The third-order valence-electron chi connectivity index (χ3n) is 3.33. The molecule has 0 unspecified atom stereocenters. The molecule has 5 nitrogen and oxygen atoms in total. The minimum atomic E-state index is -0.511. The highest BCUT2D eigenvalue weighted by Gasteiger charge is 2.10. The molecule has 0 atom stereocenters. The summed E-state index contributed by atoms with van der Waals surface area (Å²) in [6.45, 7) is 4.00. The lowest BCUT2D eigenvalue weighted by Crippen LogP contribution is -1.95. The van der Waals surface area contributed by atoms with E-state index in [2.05, 4.69) is 4.98 Å². The first kappa shape index (κ1) is 12.3. The molecular weight excluding hydrogens is 256 g/mol. The highest BCUT2D eigenvalue weighted by Crippen LogP contribution is 2.33. The molecule has 20 heavy (non-hydrogen) atoms. The number of aryl methyl sites for hydroxylation is 1. The van der Waals surface area contributed by atoms with Crippen molar-refractivity contribution in [3.8, 4) is 11.5 Å². The molecular formula is C15H14N2O3. The van der Waals surface area contributed by atoms with E-state index in [1.807, 2.05) is 32.0 Å². The molecule has 0 fully saturated rings. The monoisotopic (exact) mass is 270 g/mol. The number of hydrogen-bond donors (Lipinski definition) is 2. The van der Waals surface area contributed by atoms with E-state index in [0.29, 0.717) is 22.5 Å². The van der Waals surface area contributed by atoms with Crippen molar-refractivity contribution < 1.29 is 9.15 Å². The summed E-state index contributed by atoms with van der Waals surface area (Å²) in [6.07, 6.45) is 0. The van der Waals surface area contributed by atoms with Crippen molar-refractivity contribution in [1.82, 2.24) is 4.98 Å². The van der Waals surface area contributed by atoms with Crippen LogP contribution in [0.5, 0.6) is 11.5 Å². The summed E-state index contributed by atoms with van der Waals surface area (Å²) >= 11 is 0. The fraction of sp³-hybridized carbons (Fsp3) is 0.133. The molecule has 0 radical (unpaired) electrons. The van der Waals surface area contributed by atoms with E-state index in [1.165, 1.54) is 0 Å². The summed E-state index contributed by atoms with van der Waals surface area (Å²) < 4.78 is 10.8. The van der Waals surface area contributed by atoms with Gasteiger partial charge in [0.25, 0.3) is 0 Å². The van der Waals surface area contributed by atoms with E-state index in [1.54, 1.807) is 12.1 Å². The third kappa shape index (κ3) is 2.03. The van der Waals surface area contributed by atoms with Gasteiger partial charge in [0.15, 0.2) is 11.3 Å². The van der Waals surface area contributed by atoms with Crippen LogP contribution in [0.4, 0.5) is 5.69 Å². The second-order valence-corrected chi connectivity index (χ2v) is 4.70. The minimum Gasteiger partial charge on any atom is -0.455 e. The zero-order valence-electron chi connectivity index (χ0n) is 11.2. The van der Waals surface area contributed by atoms with Gasteiger partial charge in [-0.15, -0.1) is 0 Å². The summed E-state index contributed by atoms with van der Waals surface area (Å²) in [6, 6.07) is 9.06. The Morgan fingerprint density at radius 1 is 1.20 bits per heavy atom. The maximum atomic E-state index is 11.2. The first-order valence-corrected chi connectivity index (χ1v) is 6.21. The van der Waals surface area contributed by atoms with Gasteiger partial charge in [-0.1, -0.05) is 12.1 Å². The molecule has 1 heterocycles. The lowest BCUT2D eigenvalue weighted by molar-refractivity contribution is 0.481. The molecule has 0 saturated carbocycles. The maximum Gasteiger partial charge on any atom is 0.417 e. The van der Waals surface area contributed by atoms with E-state index in [9.17, 15) is 4.79 Å². The molecule has 3 aromatic rings. The molecule has 0 spiro atoms. The van der Waals surface area contributed by atoms with Crippen LogP contribution in [-0.2, 0) is 0 Å². The minimum absolute atomic E-state index is 0.417. The average Bonchev–Trinajstić information content (AvgIpc) is 2.74. The number of rotatable bonds is 2. The molecule has 102 valence electrons. The van der Waals surface area contributed by atoms with Crippen molar-refractivity contribution in [2.75, 3.05) is 5.73 Å². The number of aromatic nitrogens is 1. The summed E-state index contributed by atoms with van der Waals surface area (Å²) in [4.78, 5) is 13.7. The van der Waals surface area contributed by atoms with Crippen LogP contribution in [0, 0.1) is 13.8 Å². The Morgan fingerprint density at radius 2 is 2.00 bits per heavy atom. The van der Waals surface area contributed by atoms with Crippen molar-refractivity contribution >= 4 is 16.8 Å². The zero-order chi connectivity index (χ0) is 14.3. The third-order valence-corrected chi connectivity index (χ3v) is 3.33. The Labute approximate surface area is 115 Å². The fourth-order valence-corrected chi connectivity index (χ4v) is 2.03. The molecule has 1 aromatic heterocycles. The highest BCUT2D eigenvalue weighted by molar-refractivity contribution is 5.80. The SMILES string of the molecule is Cc1cccc(Oc2cc3[nH]c(=O)oc3cc2N)c1C. The lowest BCUT2D eigenvalue weighted by atomic mass is 10.1. The van der Waals surface area contributed by atoms with E-state index < -0.39 is 5.76 Å². The van der Waals surface area contributed by atoms with Gasteiger partial charge < -0.3 is 14.9 Å². The van der Waals surface area contributed by atoms with Gasteiger partial charge in [-0.3, -0.25) is 4.98 Å². The smallest absolute Gasteiger partial charge is 0.417 e. The number of ether oxygens (including phenoxy) is 1. The number of oxazole rings is 1. The molecule has 5 heteroatoms. The summed E-state index contributed by atoms with van der Waals surface area (Å²) in [5, 5.41) is 0. The van der Waals surface area contributed by atoms with E-state index in [0.717, 1.165) is 16.9 Å². The predicted molar refractivity (Wildman–Crippen MR) is 77.2 cm³/mol. The first-order valence-electron chi connectivity index (χ1n) is 6.21. The van der Waals surface area contributed by atoms with Crippen LogP contribution in [0.3, 0.4) is 0 Å². The van der Waals surface area contributed by atoms with Crippen LogP contribution in [0.25, 0.3) is 11.1 Å². The highest BCUT2D eigenvalue weighted by atomic mass is 16.5. The number of H-pyrrole nitrogens is 1. The molecule has 0 aliphatic heterocycles. The van der Waals surface area contributed by atoms with Crippen molar-refractivity contribution in [2.24, 2.45) is 0 Å². The fourth-order valence-electron chi connectivity index (χ4n) is 2.03.